The first-order valence-electron chi connectivity index (χ1n) is 8.02. The molecule has 1 aromatic heterocycles. The predicted molar refractivity (Wildman–Crippen MR) is 97.4 cm³/mol. The summed E-state index contributed by atoms with van der Waals surface area (Å²) in [7, 11) is 1.50. The van der Waals surface area contributed by atoms with Crippen molar-refractivity contribution in [3.63, 3.8) is 0 Å². The number of hydrogen-bond donors (Lipinski definition) is 0. The summed E-state index contributed by atoms with van der Waals surface area (Å²) < 4.78 is 12.7. The van der Waals surface area contributed by atoms with Gasteiger partial charge in [0.1, 0.15) is 17.1 Å². The molecule has 6 heteroatoms. The van der Waals surface area contributed by atoms with E-state index in [9.17, 15) is 4.79 Å². The Bertz CT molecular complexity index is 905. The number of benzene rings is 2. The van der Waals surface area contributed by atoms with Crippen LogP contribution >= 0.6 is 11.6 Å². The maximum atomic E-state index is 12.2. The van der Waals surface area contributed by atoms with E-state index in [0.717, 1.165) is 23.4 Å². The molecule has 130 valence electrons. The second-order valence-electron chi connectivity index (χ2n) is 5.63. The Balaban J connectivity index is 1.60. The van der Waals surface area contributed by atoms with E-state index in [2.05, 4.69) is 9.55 Å². The number of aromatic nitrogens is 2. The molecule has 0 aliphatic rings. The molecule has 3 rings (SSSR count). The van der Waals surface area contributed by atoms with Gasteiger partial charge in [0.2, 0.25) is 0 Å². The molecule has 0 aliphatic heterocycles. The number of fused-ring (bicyclic) bond motifs is 1. The largest absolute Gasteiger partial charge is 0.496 e. The smallest absolute Gasteiger partial charge is 0.341 e. The Kier molecular flexibility index (Phi) is 5.24. The maximum Gasteiger partial charge on any atom is 0.341 e. The fourth-order valence-corrected chi connectivity index (χ4v) is 2.94. The van der Waals surface area contributed by atoms with E-state index in [0.29, 0.717) is 29.4 Å². The van der Waals surface area contributed by atoms with E-state index in [-0.39, 0.29) is 0 Å². The third-order valence-electron chi connectivity index (χ3n) is 3.99. The Hall–Kier alpha value is -2.53. The minimum Gasteiger partial charge on any atom is -0.496 e. The van der Waals surface area contributed by atoms with Crippen LogP contribution in [0.2, 0.25) is 5.02 Å². The van der Waals surface area contributed by atoms with Crippen molar-refractivity contribution in [2.75, 3.05) is 13.7 Å². The number of imidazole rings is 1. The van der Waals surface area contributed by atoms with Crippen LogP contribution in [0.3, 0.4) is 0 Å². The van der Waals surface area contributed by atoms with Gasteiger partial charge in [-0.1, -0.05) is 23.7 Å². The maximum absolute atomic E-state index is 12.2. The fourth-order valence-electron chi connectivity index (χ4n) is 2.78. The van der Waals surface area contributed by atoms with Crippen LogP contribution in [-0.2, 0) is 11.3 Å². The zero-order valence-electron chi connectivity index (χ0n) is 14.2. The van der Waals surface area contributed by atoms with Gasteiger partial charge in [-0.2, -0.15) is 0 Å². The molecule has 0 N–H and O–H groups in total. The standard InChI is InChI=1S/C19H19ClN2O3/c1-13-21-16-6-3-4-7-17(16)22(13)10-5-11-25-19(23)15-9-8-14(20)12-18(15)24-2/h3-4,6-9,12H,5,10-11H2,1-2H3. The molecule has 3 aromatic rings. The molecule has 0 amide bonds. The highest BCUT2D eigenvalue weighted by Gasteiger charge is 2.14. The third-order valence-corrected chi connectivity index (χ3v) is 4.22. The van der Waals surface area contributed by atoms with Gasteiger partial charge >= 0.3 is 5.97 Å². The van der Waals surface area contributed by atoms with Gasteiger partial charge in [-0.25, -0.2) is 9.78 Å². The average molecular weight is 359 g/mol. The van der Waals surface area contributed by atoms with Gasteiger partial charge in [0, 0.05) is 11.6 Å². The van der Waals surface area contributed by atoms with Crippen LogP contribution in [0, 0.1) is 6.92 Å². The summed E-state index contributed by atoms with van der Waals surface area (Å²) >= 11 is 5.91. The zero-order chi connectivity index (χ0) is 17.8. The van der Waals surface area contributed by atoms with Crippen LogP contribution < -0.4 is 4.74 Å². The van der Waals surface area contributed by atoms with Crippen molar-refractivity contribution in [2.24, 2.45) is 0 Å². The predicted octanol–water partition coefficient (Wildman–Crippen LogP) is 4.25. The van der Waals surface area contributed by atoms with E-state index in [1.54, 1.807) is 18.2 Å². The summed E-state index contributed by atoms with van der Waals surface area (Å²) in [6.45, 7) is 3.03. The first kappa shape index (κ1) is 17.3. The lowest BCUT2D eigenvalue weighted by Crippen LogP contribution is -2.10. The normalized spacial score (nSPS) is 10.8. The molecule has 0 saturated heterocycles. The summed E-state index contributed by atoms with van der Waals surface area (Å²) in [4.78, 5) is 16.7. The average Bonchev–Trinajstić information content (AvgIpc) is 2.93. The number of ether oxygens (including phenoxy) is 2. The van der Waals surface area contributed by atoms with Gasteiger partial charge in [0.15, 0.2) is 0 Å². The fraction of sp³-hybridized carbons (Fsp3) is 0.263. The molecular formula is C19H19ClN2O3. The molecule has 0 atom stereocenters. The molecule has 0 fully saturated rings. The highest BCUT2D eigenvalue weighted by molar-refractivity contribution is 6.30. The molecule has 0 spiro atoms. The summed E-state index contributed by atoms with van der Waals surface area (Å²) in [6, 6.07) is 12.8. The number of nitrogens with zero attached hydrogens (tertiary/aromatic N) is 2. The van der Waals surface area contributed by atoms with Crippen molar-refractivity contribution in [3.8, 4) is 5.75 Å². The van der Waals surface area contributed by atoms with Crippen LogP contribution in [0.15, 0.2) is 42.5 Å². The van der Waals surface area contributed by atoms with Gasteiger partial charge in [0.25, 0.3) is 0 Å². The monoisotopic (exact) mass is 358 g/mol. The lowest BCUT2D eigenvalue weighted by Gasteiger charge is -2.10. The highest BCUT2D eigenvalue weighted by Crippen LogP contribution is 2.24. The number of esters is 1. The van der Waals surface area contributed by atoms with Crippen molar-refractivity contribution < 1.29 is 14.3 Å². The SMILES string of the molecule is COc1cc(Cl)ccc1C(=O)OCCCn1c(C)nc2ccccc21. The van der Waals surface area contributed by atoms with Gasteiger partial charge in [-0.15, -0.1) is 0 Å². The Morgan fingerprint density at radius 3 is 2.84 bits per heavy atom. The second-order valence-corrected chi connectivity index (χ2v) is 6.07. The number of rotatable bonds is 6. The Labute approximate surface area is 151 Å². The molecular weight excluding hydrogens is 340 g/mol. The lowest BCUT2D eigenvalue weighted by atomic mass is 10.2. The van der Waals surface area contributed by atoms with E-state index in [1.807, 2.05) is 31.2 Å². The molecule has 25 heavy (non-hydrogen) atoms. The number of methoxy groups -OCH3 is 1. The second kappa shape index (κ2) is 7.57. The lowest BCUT2D eigenvalue weighted by molar-refractivity contribution is 0.0492. The van der Waals surface area contributed by atoms with Crippen molar-refractivity contribution >= 4 is 28.6 Å². The Morgan fingerprint density at radius 1 is 1.24 bits per heavy atom. The topological polar surface area (TPSA) is 53.4 Å². The number of halogens is 1. The number of carbonyl (C=O) groups is 1. The van der Waals surface area contributed by atoms with Crippen molar-refractivity contribution in [1.82, 2.24) is 9.55 Å². The van der Waals surface area contributed by atoms with Gasteiger partial charge in [-0.05, 0) is 43.7 Å². The summed E-state index contributed by atoms with van der Waals surface area (Å²) in [5, 5.41) is 0.510. The van der Waals surface area contributed by atoms with Crippen LogP contribution in [0.1, 0.15) is 22.6 Å². The minimum absolute atomic E-state index is 0.316. The van der Waals surface area contributed by atoms with Crippen molar-refractivity contribution in [1.29, 1.82) is 0 Å². The number of hydrogen-bond acceptors (Lipinski definition) is 4. The molecule has 0 radical (unpaired) electrons. The van der Waals surface area contributed by atoms with E-state index in [4.69, 9.17) is 21.1 Å². The van der Waals surface area contributed by atoms with Crippen LogP contribution in [-0.4, -0.2) is 29.2 Å². The van der Waals surface area contributed by atoms with Crippen molar-refractivity contribution in [3.05, 3.63) is 58.9 Å². The van der Waals surface area contributed by atoms with E-state index >= 15 is 0 Å². The number of carbonyl (C=O) groups excluding carboxylic acids is 1. The van der Waals surface area contributed by atoms with E-state index < -0.39 is 5.97 Å². The highest BCUT2D eigenvalue weighted by atomic mass is 35.5. The third kappa shape index (κ3) is 3.77. The van der Waals surface area contributed by atoms with Crippen molar-refractivity contribution in [2.45, 2.75) is 19.9 Å². The molecule has 0 bridgehead atoms. The minimum atomic E-state index is -0.416. The van der Waals surface area contributed by atoms with Crippen LogP contribution in [0.5, 0.6) is 5.75 Å². The molecule has 0 unspecified atom stereocenters. The molecule has 0 saturated carbocycles. The van der Waals surface area contributed by atoms with Crippen LogP contribution in [0.25, 0.3) is 11.0 Å². The Morgan fingerprint density at radius 2 is 2.04 bits per heavy atom. The quantitative estimate of drug-likeness (QED) is 0.488. The first-order chi connectivity index (χ1) is 12.1. The molecule has 5 nitrogen and oxygen atoms in total. The van der Waals surface area contributed by atoms with Gasteiger partial charge in [0.05, 0.1) is 24.8 Å². The number of para-hydroxylation sites is 2. The number of aryl methyl sites for hydroxylation is 2. The van der Waals surface area contributed by atoms with E-state index in [1.165, 1.54) is 7.11 Å². The summed E-state index contributed by atoms with van der Waals surface area (Å²) in [5.41, 5.74) is 2.43. The van der Waals surface area contributed by atoms with Crippen LogP contribution in [0.4, 0.5) is 0 Å². The zero-order valence-corrected chi connectivity index (χ0v) is 14.9. The molecule has 2 aromatic carbocycles. The molecule has 0 aliphatic carbocycles. The first-order valence-corrected chi connectivity index (χ1v) is 8.40. The summed E-state index contributed by atoms with van der Waals surface area (Å²) in [5.74, 6) is 0.946. The summed E-state index contributed by atoms with van der Waals surface area (Å²) in [6.07, 6.45) is 0.697. The molecule has 1 heterocycles. The van der Waals surface area contributed by atoms with Gasteiger partial charge < -0.3 is 14.0 Å². The van der Waals surface area contributed by atoms with Gasteiger partial charge in [-0.3, -0.25) is 0 Å².